The first kappa shape index (κ1) is 42.2. The fourth-order valence-corrected chi connectivity index (χ4v) is 7.98. The number of hydrogen-bond donors (Lipinski definition) is 4. The van der Waals surface area contributed by atoms with Crippen LogP contribution in [0.2, 0.25) is 0 Å². The van der Waals surface area contributed by atoms with Crippen molar-refractivity contribution < 1.29 is 32.4 Å². The van der Waals surface area contributed by atoms with Crippen molar-refractivity contribution in [3.63, 3.8) is 0 Å². The van der Waals surface area contributed by atoms with Gasteiger partial charge in [0.25, 0.3) is 5.91 Å². The van der Waals surface area contributed by atoms with Crippen molar-refractivity contribution in [3.8, 4) is 0 Å². The molecule has 2 aliphatic rings. The number of carbonyl (C=O) groups is 5. The second kappa shape index (κ2) is 17.8. The summed E-state index contributed by atoms with van der Waals surface area (Å²) in [5.41, 5.74) is -1.26. The van der Waals surface area contributed by atoms with E-state index in [9.17, 15) is 32.4 Å². The minimum Gasteiger partial charge on any atom is -0.346 e. The molecule has 14 heteroatoms. The molecule has 2 saturated heterocycles. The molecule has 2 aliphatic heterocycles. The molecule has 0 aromatic rings. The summed E-state index contributed by atoms with van der Waals surface area (Å²) >= 11 is 0. The quantitative estimate of drug-likeness (QED) is 0.149. The van der Waals surface area contributed by atoms with Gasteiger partial charge in [0.1, 0.15) is 12.1 Å². The van der Waals surface area contributed by atoms with Crippen LogP contribution in [0, 0.1) is 22.7 Å². The number of rotatable bonds is 15. The Morgan fingerprint density at radius 2 is 1.59 bits per heavy atom. The Labute approximate surface area is 294 Å². The van der Waals surface area contributed by atoms with Crippen molar-refractivity contribution in [3.05, 3.63) is 12.7 Å². The van der Waals surface area contributed by atoms with E-state index in [1.807, 2.05) is 62.3 Å². The Morgan fingerprint density at radius 3 is 2.12 bits per heavy atom. The largest absolute Gasteiger partial charge is 0.346 e. The lowest BCUT2D eigenvalue weighted by molar-refractivity contribution is -0.144. The van der Waals surface area contributed by atoms with Crippen LogP contribution in [-0.4, -0.2) is 103 Å². The van der Waals surface area contributed by atoms with Gasteiger partial charge in [-0.1, -0.05) is 81.2 Å². The highest BCUT2D eigenvalue weighted by Crippen LogP contribution is 2.33. The lowest BCUT2D eigenvalue weighted by atomic mass is 9.84. The Kier molecular flexibility index (Phi) is 15.3. The predicted octanol–water partition coefficient (Wildman–Crippen LogP) is 2.96. The summed E-state index contributed by atoms with van der Waals surface area (Å²) in [5.74, 6) is -2.62. The molecule has 0 saturated carbocycles. The van der Waals surface area contributed by atoms with Crippen LogP contribution >= 0.6 is 0 Å². The maximum Gasteiger partial charge on any atom is 0.315 e. The standard InChI is InChI=1S/C35H62N6O7S/c1-11-13-16-25(28(42)31(44)36-18-12-2)37-30(43)27-24(23(3)4)17-20-41(27)32(45)29(35(8,9)10)39-33(46)38-26(34(5,6)7)22-40-19-14-15-21-49(40,47)48/h12,23-27,29H,2,11,13-22H2,1,3-10H3,(H,36,44)(H,37,43)(H2,38,39,46)/t24-,25?,26-,27+,29-/m1/s1. The fourth-order valence-electron chi connectivity index (χ4n) is 6.37. The summed E-state index contributed by atoms with van der Waals surface area (Å²) in [6.45, 7) is 21.6. The highest BCUT2D eigenvalue weighted by Gasteiger charge is 2.48. The summed E-state index contributed by atoms with van der Waals surface area (Å²) in [6, 6.07) is -4.16. The molecule has 280 valence electrons. The number of unbranched alkanes of at least 4 members (excludes halogenated alkanes) is 1. The molecule has 4 N–H and O–H groups in total. The van der Waals surface area contributed by atoms with Crippen LogP contribution in [-0.2, 0) is 29.2 Å². The summed E-state index contributed by atoms with van der Waals surface area (Å²) in [6.07, 6.45) is 5.00. The SMILES string of the molecule is C=CCNC(=O)C(=O)C(CCCC)NC(=O)[C@@H]1[C@@H](C(C)C)CCN1C(=O)[C@@H](NC(=O)N[C@H](CN1CCCCS1(=O)=O)C(C)(C)C)C(C)(C)C. The molecule has 0 aliphatic carbocycles. The van der Waals surface area contributed by atoms with Gasteiger partial charge in [-0.3, -0.25) is 19.2 Å². The lowest BCUT2D eigenvalue weighted by Gasteiger charge is -2.39. The van der Waals surface area contributed by atoms with E-state index in [2.05, 4.69) is 27.8 Å². The zero-order valence-corrected chi connectivity index (χ0v) is 32.0. The smallest absolute Gasteiger partial charge is 0.315 e. The van der Waals surface area contributed by atoms with E-state index in [0.29, 0.717) is 25.8 Å². The number of amides is 5. The van der Waals surface area contributed by atoms with Gasteiger partial charge in [-0.25, -0.2) is 13.2 Å². The van der Waals surface area contributed by atoms with Gasteiger partial charge < -0.3 is 26.2 Å². The Balaban J connectivity index is 2.34. The van der Waals surface area contributed by atoms with Crippen LogP contribution in [0.1, 0.15) is 101 Å². The average Bonchev–Trinajstić information content (AvgIpc) is 3.45. The van der Waals surface area contributed by atoms with E-state index in [1.165, 1.54) is 15.3 Å². The molecule has 0 aromatic heterocycles. The molecular weight excluding hydrogens is 648 g/mol. The van der Waals surface area contributed by atoms with Gasteiger partial charge in [-0.05, 0) is 48.3 Å². The summed E-state index contributed by atoms with van der Waals surface area (Å²) in [4.78, 5) is 69.1. The summed E-state index contributed by atoms with van der Waals surface area (Å²) < 4.78 is 26.9. The zero-order valence-electron chi connectivity index (χ0n) is 31.2. The van der Waals surface area contributed by atoms with Gasteiger partial charge >= 0.3 is 6.03 Å². The van der Waals surface area contributed by atoms with Crippen LogP contribution < -0.4 is 21.3 Å². The number of Topliss-reactive ketones (excluding diaryl/α,β-unsaturated/α-hetero) is 1. The molecule has 13 nitrogen and oxygen atoms in total. The van der Waals surface area contributed by atoms with Gasteiger partial charge in [0, 0.05) is 32.2 Å². The van der Waals surface area contributed by atoms with Crippen molar-refractivity contribution in [1.29, 1.82) is 0 Å². The molecule has 2 fully saturated rings. The number of sulfonamides is 1. The van der Waals surface area contributed by atoms with E-state index in [-0.39, 0.29) is 43.6 Å². The van der Waals surface area contributed by atoms with E-state index >= 15 is 0 Å². The number of hydrogen-bond acceptors (Lipinski definition) is 7. The van der Waals surface area contributed by atoms with Crippen molar-refractivity contribution in [2.24, 2.45) is 22.7 Å². The first-order chi connectivity index (χ1) is 22.6. The van der Waals surface area contributed by atoms with Crippen LogP contribution in [0.4, 0.5) is 4.79 Å². The first-order valence-electron chi connectivity index (χ1n) is 17.7. The van der Waals surface area contributed by atoms with Gasteiger partial charge in [0.15, 0.2) is 0 Å². The van der Waals surface area contributed by atoms with Crippen molar-refractivity contribution in [2.75, 3.05) is 31.9 Å². The minimum absolute atomic E-state index is 0.0252. The molecule has 2 rings (SSSR count). The lowest BCUT2D eigenvalue weighted by Crippen LogP contribution is -2.62. The second-order valence-electron chi connectivity index (χ2n) is 16.0. The van der Waals surface area contributed by atoms with Crippen molar-refractivity contribution >= 4 is 39.6 Å². The van der Waals surface area contributed by atoms with E-state index in [1.54, 1.807) is 0 Å². The monoisotopic (exact) mass is 710 g/mol. The molecule has 49 heavy (non-hydrogen) atoms. The van der Waals surface area contributed by atoms with E-state index < -0.39 is 74.6 Å². The van der Waals surface area contributed by atoms with Gasteiger partial charge in [0.2, 0.25) is 27.6 Å². The summed E-state index contributed by atoms with van der Waals surface area (Å²) in [5, 5.41) is 11.1. The number of nitrogens with zero attached hydrogens (tertiary/aromatic N) is 2. The van der Waals surface area contributed by atoms with Crippen LogP contribution in [0.25, 0.3) is 0 Å². The number of urea groups is 1. The molecule has 5 atom stereocenters. The number of nitrogens with one attached hydrogen (secondary N) is 4. The second-order valence-corrected chi connectivity index (χ2v) is 18.0. The normalized spacial score (nSPS) is 21.7. The topological polar surface area (TPSA) is 174 Å². The highest BCUT2D eigenvalue weighted by molar-refractivity contribution is 7.89. The third kappa shape index (κ3) is 11.8. The van der Waals surface area contributed by atoms with Crippen LogP contribution in [0.15, 0.2) is 12.7 Å². The Hall–Kier alpha value is -3.00. The number of ketones is 1. The molecule has 0 spiro atoms. The number of carbonyl (C=O) groups excluding carboxylic acids is 5. The average molecular weight is 711 g/mol. The van der Waals surface area contributed by atoms with Crippen molar-refractivity contribution in [2.45, 2.75) is 125 Å². The van der Waals surface area contributed by atoms with Gasteiger partial charge in [-0.15, -0.1) is 6.58 Å². The maximum atomic E-state index is 14.4. The Bertz CT molecular complexity index is 1300. The summed E-state index contributed by atoms with van der Waals surface area (Å²) in [7, 11) is -3.43. The maximum absolute atomic E-state index is 14.4. The first-order valence-corrected chi connectivity index (χ1v) is 19.3. The zero-order chi connectivity index (χ0) is 37.3. The van der Waals surface area contributed by atoms with E-state index in [0.717, 1.165) is 12.8 Å². The molecule has 0 aromatic carbocycles. The highest BCUT2D eigenvalue weighted by atomic mass is 32.2. The third-order valence-corrected chi connectivity index (χ3v) is 11.5. The molecule has 0 bridgehead atoms. The number of likely N-dealkylation sites (tertiary alicyclic amines) is 1. The molecular formula is C35H62N6O7S. The van der Waals surface area contributed by atoms with Gasteiger partial charge in [0.05, 0.1) is 11.8 Å². The molecule has 5 amide bonds. The minimum atomic E-state index is -3.43. The molecule has 1 unspecified atom stereocenters. The van der Waals surface area contributed by atoms with Crippen LogP contribution in [0.5, 0.6) is 0 Å². The molecule has 0 radical (unpaired) electrons. The molecule has 2 heterocycles. The van der Waals surface area contributed by atoms with Crippen LogP contribution in [0.3, 0.4) is 0 Å². The van der Waals surface area contributed by atoms with Crippen molar-refractivity contribution in [1.82, 2.24) is 30.5 Å². The fraction of sp³-hybridized carbons (Fsp3) is 0.800. The third-order valence-electron chi connectivity index (χ3n) is 9.54. The predicted molar refractivity (Wildman–Crippen MR) is 191 cm³/mol. The van der Waals surface area contributed by atoms with Gasteiger partial charge in [-0.2, -0.15) is 4.31 Å². The Morgan fingerprint density at radius 1 is 0.939 bits per heavy atom. The van der Waals surface area contributed by atoms with E-state index in [4.69, 9.17) is 0 Å².